The van der Waals surface area contributed by atoms with Crippen LogP contribution in [-0.2, 0) is 0 Å². The predicted molar refractivity (Wildman–Crippen MR) is 77.0 cm³/mol. The Hall–Kier alpha value is -1.28. The molecule has 18 heavy (non-hydrogen) atoms. The predicted octanol–water partition coefficient (Wildman–Crippen LogP) is 4.11. The molecule has 2 N–H and O–H groups in total. The molecule has 0 bridgehead atoms. The van der Waals surface area contributed by atoms with Crippen LogP contribution in [0.25, 0.3) is 10.9 Å². The first kappa shape index (κ1) is 11.8. The van der Waals surface area contributed by atoms with Gasteiger partial charge in [-0.25, -0.2) is 0 Å². The third-order valence-corrected chi connectivity index (χ3v) is 4.07. The number of piperidine rings is 1. The first-order chi connectivity index (χ1) is 8.75. The van der Waals surface area contributed by atoms with E-state index < -0.39 is 0 Å². The maximum atomic E-state index is 3.62. The summed E-state index contributed by atoms with van der Waals surface area (Å²) in [6.45, 7) is 5.66. The Bertz CT molecular complexity index is 533. The lowest BCUT2D eigenvalue weighted by Crippen LogP contribution is -2.26. The summed E-state index contributed by atoms with van der Waals surface area (Å²) in [5.41, 5.74) is 4.14. The Morgan fingerprint density at radius 2 is 2.11 bits per heavy atom. The number of hydrogen-bond donors (Lipinski definition) is 2. The fraction of sp³-hybridized carbons (Fsp3) is 0.500. The zero-order valence-electron chi connectivity index (χ0n) is 11.3. The van der Waals surface area contributed by atoms with Crippen LogP contribution in [0.1, 0.15) is 56.2 Å². The molecule has 0 aliphatic carbocycles. The van der Waals surface area contributed by atoms with E-state index in [2.05, 4.69) is 48.5 Å². The number of fused-ring (bicyclic) bond motifs is 1. The maximum Gasteiger partial charge on any atom is 0.0460 e. The fourth-order valence-corrected chi connectivity index (χ4v) is 3.00. The third kappa shape index (κ3) is 2.05. The molecule has 2 nitrogen and oxygen atoms in total. The monoisotopic (exact) mass is 242 g/mol. The normalized spacial score (nSPS) is 20.7. The van der Waals surface area contributed by atoms with Gasteiger partial charge in [-0.2, -0.15) is 0 Å². The molecule has 2 heterocycles. The highest BCUT2D eigenvalue weighted by molar-refractivity contribution is 5.84. The minimum atomic E-state index is 0.550. The Labute approximate surface area is 109 Å². The molecule has 1 unspecified atom stereocenters. The molecular weight excluding hydrogens is 220 g/mol. The van der Waals surface area contributed by atoms with Crippen molar-refractivity contribution in [1.29, 1.82) is 0 Å². The molecule has 0 spiro atoms. The van der Waals surface area contributed by atoms with Crippen molar-refractivity contribution in [3.63, 3.8) is 0 Å². The molecule has 1 aliphatic rings. The van der Waals surface area contributed by atoms with Gasteiger partial charge in [0, 0.05) is 23.1 Å². The molecule has 2 aromatic rings. The van der Waals surface area contributed by atoms with Crippen LogP contribution in [0.3, 0.4) is 0 Å². The van der Waals surface area contributed by atoms with Gasteiger partial charge in [0.15, 0.2) is 0 Å². The lowest BCUT2D eigenvalue weighted by Gasteiger charge is -2.23. The van der Waals surface area contributed by atoms with E-state index in [4.69, 9.17) is 0 Å². The van der Waals surface area contributed by atoms with Crippen molar-refractivity contribution in [2.75, 3.05) is 6.54 Å². The van der Waals surface area contributed by atoms with Crippen molar-refractivity contribution in [2.24, 2.45) is 0 Å². The lowest BCUT2D eigenvalue weighted by atomic mass is 9.95. The van der Waals surface area contributed by atoms with Gasteiger partial charge < -0.3 is 10.3 Å². The molecule has 0 radical (unpaired) electrons. The summed E-state index contributed by atoms with van der Waals surface area (Å²) in [5.74, 6) is 0.581. The zero-order valence-corrected chi connectivity index (χ0v) is 11.3. The van der Waals surface area contributed by atoms with Crippen LogP contribution in [-0.4, -0.2) is 11.5 Å². The second kappa shape index (κ2) is 4.77. The van der Waals surface area contributed by atoms with E-state index in [1.54, 1.807) is 0 Å². The number of hydrogen-bond acceptors (Lipinski definition) is 1. The van der Waals surface area contributed by atoms with Crippen LogP contribution in [0.4, 0.5) is 0 Å². The van der Waals surface area contributed by atoms with Gasteiger partial charge >= 0.3 is 0 Å². The highest BCUT2D eigenvalue weighted by atomic mass is 14.9. The fourth-order valence-electron chi connectivity index (χ4n) is 3.00. The summed E-state index contributed by atoms with van der Waals surface area (Å²) in [4.78, 5) is 3.42. The van der Waals surface area contributed by atoms with Crippen LogP contribution < -0.4 is 5.32 Å². The smallest absolute Gasteiger partial charge is 0.0460 e. The summed E-state index contributed by atoms with van der Waals surface area (Å²) >= 11 is 0. The van der Waals surface area contributed by atoms with Crippen molar-refractivity contribution >= 4 is 10.9 Å². The van der Waals surface area contributed by atoms with Crippen LogP contribution in [0.5, 0.6) is 0 Å². The molecule has 0 saturated carbocycles. The average molecular weight is 242 g/mol. The van der Waals surface area contributed by atoms with E-state index in [1.807, 2.05) is 0 Å². The van der Waals surface area contributed by atoms with Gasteiger partial charge in [-0.1, -0.05) is 32.4 Å². The molecule has 3 rings (SSSR count). The van der Waals surface area contributed by atoms with Crippen molar-refractivity contribution in [2.45, 2.75) is 45.1 Å². The molecule has 0 amide bonds. The summed E-state index contributed by atoms with van der Waals surface area (Å²) < 4.78 is 0. The van der Waals surface area contributed by atoms with Crippen molar-refractivity contribution in [1.82, 2.24) is 10.3 Å². The quantitative estimate of drug-likeness (QED) is 0.815. The van der Waals surface area contributed by atoms with Crippen LogP contribution in [0.15, 0.2) is 24.4 Å². The van der Waals surface area contributed by atoms with Gasteiger partial charge in [-0.05, 0) is 42.5 Å². The summed E-state index contributed by atoms with van der Waals surface area (Å²) in [6, 6.07) is 7.45. The number of H-pyrrole nitrogens is 1. The van der Waals surface area contributed by atoms with Crippen molar-refractivity contribution in [3.8, 4) is 0 Å². The molecule has 1 aliphatic heterocycles. The second-order valence-electron chi connectivity index (χ2n) is 5.71. The highest BCUT2D eigenvalue weighted by Crippen LogP contribution is 2.29. The van der Waals surface area contributed by atoms with Crippen LogP contribution in [0.2, 0.25) is 0 Å². The molecule has 1 aromatic heterocycles. The lowest BCUT2D eigenvalue weighted by molar-refractivity contribution is 0.412. The number of nitrogens with one attached hydrogen (secondary N) is 2. The summed E-state index contributed by atoms with van der Waals surface area (Å²) in [7, 11) is 0. The van der Waals surface area contributed by atoms with E-state index in [0.717, 1.165) is 6.54 Å². The number of aromatic nitrogens is 1. The number of rotatable bonds is 2. The van der Waals surface area contributed by atoms with Gasteiger partial charge in [0.05, 0.1) is 0 Å². The van der Waals surface area contributed by atoms with E-state index >= 15 is 0 Å². The molecular formula is C16H22N2. The standard InChI is InChI=1S/C16H22N2/c1-11(2)14-10-18-16-9-12(6-7-13(14)16)15-5-3-4-8-17-15/h6-7,9-11,15,17-18H,3-5,8H2,1-2H3. The van der Waals surface area contributed by atoms with E-state index in [1.165, 1.54) is 41.3 Å². The van der Waals surface area contributed by atoms with Gasteiger partial charge in [0.1, 0.15) is 0 Å². The molecule has 1 aromatic carbocycles. The molecule has 1 saturated heterocycles. The molecule has 96 valence electrons. The third-order valence-electron chi connectivity index (χ3n) is 4.07. The molecule has 2 heteroatoms. The Morgan fingerprint density at radius 1 is 1.22 bits per heavy atom. The van der Waals surface area contributed by atoms with Gasteiger partial charge in [0.25, 0.3) is 0 Å². The zero-order chi connectivity index (χ0) is 12.5. The summed E-state index contributed by atoms with van der Waals surface area (Å²) in [6.07, 6.45) is 6.09. The topological polar surface area (TPSA) is 27.8 Å². The van der Waals surface area contributed by atoms with E-state index in [-0.39, 0.29) is 0 Å². The van der Waals surface area contributed by atoms with Gasteiger partial charge in [-0.3, -0.25) is 0 Å². The Morgan fingerprint density at radius 3 is 2.83 bits per heavy atom. The largest absolute Gasteiger partial charge is 0.361 e. The minimum Gasteiger partial charge on any atom is -0.361 e. The van der Waals surface area contributed by atoms with Crippen LogP contribution >= 0.6 is 0 Å². The van der Waals surface area contributed by atoms with Crippen LogP contribution in [0, 0.1) is 0 Å². The first-order valence-corrected chi connectivity index (χ1v) is 7.10. The molecule has 1 atom stereocenters. The maximum absolute atomic E-state index is 3.62. The number of aromatic amines is 1. The average Bonchev–Trinajstić information content (AvgIpc) is 2.82. The first-order valence-electron chi connectivity index (χ1n) is 7.10. The highest BCUT2D eigenvalue weighted by Gasteiger charge is 2.16. The van der Waals surface area contributed by atoms with Gasteiger partial charge in [0.2, 0.25) is 0 Å². The number of benzene rings is 1. The second-order valence-corrected chi connectivity index (χ2v) is 5.71. The van der Waals surface area contributed by atoms with Crippen molar-refractivity contribution < 1.29 is 0 Å². The SMILES string of the molecule is CC(C)c1c[nH]c2cc(C3CCCCN3)ccc12. The Balaban J connectivity index is 1.96. The van der Waals surface area contributed by atoms with Gasteiger partial charge in [-0.15, -0.1) is 0 Å². The van der Waals surface area contributed by atoms with E-state index in [0.29, 0.717) is 12.0 Å². The summed E-state index contributed by atoms with van der Waals surface area (Å²) in [5, 5.41) is 4.99. The molecule has 1 fully saturated rings. The Kier molecular flexibility index (Phi) is 3.13. The minimum absolute atomic E-state index is 0.550. The van der Waals surface area contributed by atoms with Crippen molar-refractivity contribution in [3.05, 3.63) is 35.5 Å². The van der Waals surface area contributed by atoms with E-state index in [9.17, 15) is 0 Å².